The summed E-state index contributed by atoms with van der Waals surface area (Å²) in [4.78, 5) is 22.9. The van der Waals surface area contributed by atoms with Gasteiger partial charge in [0.2, 0.25) is 5.76 Å². The number of nitrogens with zero attached hydrogens (tertiary/aromatic N) is 1. The van der Waals surface area contributed by atoms with Gasteiger partial charge in [0.25, 0.3) is 5.91 Å². The summed E-state index contributed by atoms with van der Waals surface area (Å²) < 4.78 is 4.88. The zero-order valence-electron chi connectivity index (χ0n) is 9.92. The smallest absolute Gasteiger partial charge is 0.306 e. The van der Waals surface area contributed by atoms with Crippen LogP contribution in [0.4, 0.5) is 0 Å². The molecule has 0 saturated heterocycles. The maximum absolute atomic E-state index is 11.9. The molecule has 1 amide bonds. The van der Waals surface area contributed by atoms with Gasteiger partial charge in [-0.3, -0.25) is 9.59 Å². The molecule has 1 aromatic rings. The van der Waals surface area contributed by atoms with Crippen LogP contribution in [0.25, 0.3) is 0 Å². The molecule has 2 saturated carbocycles. The van der Waals surface area contributed by atoms with E-state index in [1.165, 1.54) is 0 Å². The van der Waals surface area contributed by atoms with Crippen molar-refractivity contribution in [1.82, 2.24) is 10.5 Å². The highest BCUT2D eigenvalue weighted by molar-refractivity contribution is 5.91. The van der Waals surface area contributed by atoms with E-state index in [-0.39, 0.29) is 29.5 Å². The Bertz CT molecular complexity index is 510. The van der Waals surface area contributed by atoms with Gasteiger partial charge >= 0.3 is 5.97 Å². The molecule has 2 aliphatic carbocycles. The lowest BCUT2D eigenvalue weighted by Gasteiger charge is -2.14. The predicted molar refractivity (Wildman–Crippen MR) is 59.8 cm³/mol. The van der Waals surface area contributed by atoms with Crippen molar-refractivity contribution in [2.75, 3.05) is 0 Å². The normalized spacial score (nSPS) is 32.9. The van der Waals surface area contributed by atoms with Crippen LogP contribution >= 0.6 is 0 Å². The molecule has 18 heavy (non-hydrogen) atoms. The summed E-state index contributed by atoms with van der Waals surface area (Å²) in [6.07, 6.45) is 1.42. The molecule has 0 spiro atoms. The van der Waals surface area contributed by atoms with Crippen molar-refractivity contribution < 1.29 is 19.2 Å². The standard InChI is InChI=1S/C12H14N2O4/c1-5-2-10(18-14-5)11(15)13-9-4-8(12(16)17)6-3-7(6)9/h2,6-9H,3-4H2,1H3,(H,13,15)(H,16,17)/t6-,7+,8-,9+/m0/s1. The lowest BCUT2D eigenvalue weighted by Crippen LogP contribution is -2.35. The quantitative estimate of drug-likeness (QED) is 0.828. The minimum atomic E-state index is -0.755. The molecule has 6 nitrogen and oxygen atoms in total. The zero-order valence-corrected chi connectivity index (χ0v) is 9.92. The molecule has 0 aromatic carbocycles. The van der Waals surface area contributed by atoms with Gasteiger partial charge in [0.05, 0.1) is 11.6 Å². The monoisotopic (exact) mass is 250 g/mol. The second kappa shape index (κ2) is 3.83. The number of nitrogens with one attached hydrogen (secondary N) is 1. The number of rotatable bonds is 3. The number of amides is 1. The van der Waals surface area contributed by atoms with Crippen molar-refractivity contribution in [3.05, 3.63) is 17.5 Å². The van der Waals surface area contributed by atoms with Crippen LogP contribution in [-0.2, 0) is 4.79 Å². The summed E-state index contributed by atoms with van der Waals surface area (Å²) in [6, 6.07) is 1.53. The fourth-order valence-electron chi connectivity index (χ4n) is 2.94. The first kappa shape index (κ1) is 11.3. The van der Waals surface area contributed by atoms with E-state index >= 15 is 0 Å². The average molecular weight is 250 g/mol. The van der Waals surface area contributed by atoms with Crippen LogP contribution in [0.5, 0.6) is 0 Å². The van der Waals surface area contributed by atoms with Gasteiger partial charge in [-0.25, -0.2) is 0 Å². The first-order valence-electron chi connectivity index (χ1n) is 6.03. The number of hydrogen-bond donors (Lipinski definition) is 2. The Morgan fingerprint density at radius 2 is 2.22 bits per heavy atom. The molecule has 1 aromatic heterocycles. The van der Waals surface area contributed by atoms with E-state index < -0.39 is 5.97 Å². The summed E-state index contributed by atoms with van der Waals surface area (Å²) in [7, 11) is 0. The number of hydrogen-bond acceptors (Lipinski definition) is 4. The summed E-state index contributed by atoms with van der Waals surface area (Å²) in [6.45, 7) is 1.74. The maximum Gasteiger partial charge on any atom is 0.306 e. The first-order valence-corrected chi connectivity index (χ1v) is 6.03. The number of carbonyl (C=O) groups is 2. The van der Waals surface area contributed by atoms with E-state index in [9.17, 15) is 9.59 Å². The molecule has 4 atom stereocenters. The second-order valence-electron chi connectivity index (χ2n) is 5.16. The molecule has 1 heterocycles. The van der Waals surface area contributed by atoms with Crippen LogP contribution in [-0.4, -0.2) is 28.2 Å². The van der Waals surface area contributed by atoms with Crippen molar-refractivity contribution >= 4 is 11.9 Å². The molecule has 3 rings (SSSR count). The number of carboxylic acids is 1. The molecule has 6 heteroatoms. The number of carboxylic acid groups (broad SMARTS) is 1. The molecule has 0 radical (unpaired) electrons. The van der Waals surface area contributed by atoms with E-state index in [0.717, 1.165) is 6.42 Å². The SMILES string of the molecule is Cc1cc(C(=O)N[C@@H]2C[C@H](C(=O)O)[C@H]3C[C@H]32)on1. The third-order valence-electron chi connectivity index (χ3n) is 3.92. The van der Waals surface area contributed by atoms with Crippen molar-refractivity contribution in [2.45, 2.75) is 25.8 Å². The summed E-state index contributed by atoms with van der Waals surface area (Å²) in [5, 5.41) is 15.5. The molecule has 0 bridgehead atoms. The fraction of sp³-hybridized carbons (Fsp3) is 0.583. The number of aliphatic carboxylic acids is 1. The molecule has 96 valence electrons. The van der Waals surface area contributed by atoms with Crippen LogP contribution in [0.2, 0.25) is 0 Å². The van der Waals surface area contributed by atoms with E-state index in [0.29, 0.717) is 18.0 Å². The highest BCUT2D eigenvalue weighted by Crippen LogP contribution is 2.55. The minimum absolute atomic E-state index is 0.0472. The number of carbonyl (C=O) groups excluding carboxylic acids is 1. The number of fused-ring (bicyclic) bond motifs is 1. The van der Waals surface area contributed by atoms with Crippen LogP contribution in [0.15, 0.2) is 10.6 Å². The molecule has 2 N–H and O–H groups in total. The highest BCUT2D eigenvalue weighted by Gasteiger charge is 2.57. The Labute approximate surface area is 103 Å². The zero-order chi connectivity index (χ0) is 12.9. The van der Waals surface area contributed by atoms with E-state index in [1.54, 1.807) is 13.0 Å². The summed E-state index contributed by atoms with van der Waals surface area (Å²) in [5.74, 6) is -0.629. The van der Waals surface area contributed by atoms with E-state index in [4.69, 9.17) is 9.63 Å². The molecule has 0 unspecified atom stereocenters. The summed E-state index contributed by atoms with van der Waals surface area (Å²) in [5.41, 5.74) is 0.652. The lowest BCUT2D eigenvalue weighted by molar-refractivity contribution is -0.142. The van der Waals surface area contributed by atoms with Crippen LogP contribution in [0.3, 0.4) is 0 Å². The number of aromatic nitrogens is 1. The van der Waals surface area contributed by atoms with Crippen LogP contribution < -0.4 is 5.32 Å². The fourth-order valence-corrected chi connectivity index (χ4v) is 2.94. The van der Waals surface area contributed by atoms with Crippen molar-refractivity contribution in [3.63, 3.8) is 0 Å². The van der Waals surface area contributed by atoms with Gasteiger partial charge in [-0.05, 0) is 31.6 Å². The third kappa shape index (κ3) is 1.77. The van der Waals surface area contributed by atoms with E-state index in [1.807, 2.05) is 0 Å². The van der Waals surface area contributed by atoms with Crippen molar-refractivity contribution in [1.29, 1.82) is 0 Å². The van der Waals surface area contributed by atoms with Crippen LogP contribution in [0, 0.1) is 24.7 Å². The van der Waals surface area contributed by atoms with Crippen molar-refractivity contribution in [2.24, 2.45) is 17.8 Å². The molecular weight excluding hydrogens is 236 g/mol. The molecule has 2 fully saturated rings. The lowest BCUT2D eigenvalue weighted by atomic mass is 10.0. The minimum Gasteiger partial charge on any atom is -0.481 e. The first-order chi connectivity index (χ1) is 8.56. The maximum atomic E-state index is 11.9. The molecule has 0 aliphatic heterocycles. The predicted octanol–water partition coefficient (Wildman–Crippen LogP) is 0.822. The van der Waals surface area contributed by atoms with Gasteiger partial charge in [0, 0.05) is 12.1 Å². The van der Waals surface area contributed by atoms with Gasteiger partial charge in [0.1, 0.15) is 0 Å². The topological polar surface area (TPSA) is 92.4 Å². The Kier molecular flexibility index (Phi) is 2.39. The van der Waals surface area contributed by atoms with Crippen molar-refractivity contribution in [3.8, 4) is 0 Å². The van der Waals surface area contributed by atoms with Crippen LogP contribution in [0.1, 0.15) is 29.1 Å². The molecular formula is C12H14N2O4. The molecule has 2 aliphatic rings. The highest BCUT2D eigenvalue weighted by atomic mass is 16.5. The van der Waals surface area contributed by atoms with Gasteiger partial charge < -0.3 is 14.9 Å². The Hall–Kier alpha value is -1.85. The summed E-state index contributed by atoms with van der Waals surface area (Å²) >= 11 is 0. The van der Waals surface area contributed by atoms with Gasteiger partial charge in [-0.15, -0.1) is 0 Å². The van der Waals surface area contributed by atoms with Gasteiger partial charge in [-0.2, -0.15) is 0 Å². The largest absolute Gasteiger partial charge is 0.481 e. The van der Waals surface area contributed by atoms with Gasteiger partial charge in [0.15, 0.2) is 0 Å². The second-order valence-corrected chi connectivity index (χ2v) is 5.16. The Morgan fingerprint density at radius 3 is 2.78 bits per heavy atom. The number of aryl methyl sites for hydroxylation is 1. The van der Waals surface area contributed by atoms with E-state index in [2.05, 4.69) is 10.5 Å². The van der Waals surface area contributed by atoms with Gasteiger partial charge in [-0.1, -0.05) is 5.16 Å². The Morgan fingerprint density at radius 1 is 1.44 bits per heavy atom. The third-order valence-corrected chi connectivity index (χ3v) is 3.92. The average Bonchev–Trinajstić information content (AvgIpc) is 2.84. The Balaban J connectivity index is 1.65.